The quantitative estimate of drug-likeness (QED) is 0.690. The fraction of sp³-hybridized carbons (Fsp3) is 0.200. The van der Waals surface area contributed by atoms with E-state index < -0.39 is 5.97 Å². The number of H-pyrrole nitrogens is 2. The molecule has 0 unspecified atom stereocenters. The highest BCUT2D eigenvalue weighted by Gasteiger charge is 2.19. The highest BCUT2D eigenvalue weighted by molar-refractivity contribution is 6.03. The van der Waals surface area contributed by atoms with E-state index in [1.165, 1.54) is 0 Å². The minimum atomic E-state index is -0.989. The summed E-state index contributed by atoms with van der Waals surface area (Å²) in [6.07, 6.45) is 0. The van der Waals surface area contributed by atoms with Crippen molar-refractivity contribution in [1.82, 2.24) is 15.2 Å². The number of methoxy groups -OCH3 is 1. The van der Waals surface area contributed by atoms with Crippen LogP contribution in [0.4, 0.5) is 0 Å². The Morgan fingerprint density at radius 3 is 2.62 bits per heavy atom. The molecule has 3 rings (SSSR count). The zero-order chi connectivity index (χ0) is 15.1. The number of benzene rings is 1. The topological polar surface area (TPSA) is 91.0 Å². The smallest absolute Gasteiger partial charge is 0.352 e. The molecule has 3 N–H and O–H groups in total. The van der Waals surface area contributed by atoms with Crippen molar-refractivity contribution in [3.63, 3.8) is 0 Å². The van der Waals surface area contributed by atoms with Gasteiger partial charge in [0.15, 0.2) is 0 Å². The van der Waals surface area contributed by atoms with Crippen molar-refractivity contribution < 1.29 is 14.6 Å². The normalized spacial score (nSPS) is 11.0. The zero-order valence-electron chi connectivity index (χ0n) is 11.9. The van der Waals surface area contributed by atoms with Crippen LogP contribution in [0.15, 0.2) is 18.2 Å². The maximum absolute atomic E-state index is 11.2. The summed E-state index contributed by atoms with van der Waals surface area (Å²) in [7, 11) is 1.60. The first-order valence-corrected chi connectivity index (χ1v) is 6.48. The predicted molar refractivity (Wildman–Crippen MR) is 78.9 cm³/mol. The van der Waals surface area contributed by atoms with E-state index in [4.69, 9.17) is 9.84 Å². The first kappa shape index (κ1) is 13.2. The summed E-state index contributed by atoms with van der Waals surface area (Å²) in [4.78, 5) is 14.1. The summed E-state index contributed by atoms with van der Waals surface area (Å²) in [5, 5.41) is 17.1. The number of aromatic nitrogens is 3. The molecule has 0 saturated heterocycles. The molecule has 0 saturated carbocycles. The number of hydrogen-bond donors (Lipinski definition) is 3. The largest absolute Gasteiger partial charge is 0.496 e. The second kappa shape index (κ2) is 4.66. The number of rotatable bonds is 3. The number of fused-ring (bicyclic) bond motifs is 1. The molecule has 0 aliphatic heterocycles. The lowest BCUT2D eigenvalue weighted by molar-refractivity contribution is 0.0691. The van der Waals surface area contributed by atoms with E-state index in [-0.39, 0.29) is 5.69 Å². The summed E-state index contributed by atoms with van der Waals surface area (Å²) >= 11 is 0. The monoisotopic (exact) mass is 285 g/mol. The van der Waals surface area contributed by atoms with Crippen molar-refractivity contribution >= 4 is 16.9 Å². The van der Waals surface area contributed by atoms with Gasteiger partial charge in [0.1, 0.15) is 11.4 Å². The van der Waals surface area contributed by atoms with Gasteiger partial charge in [-0.25, -0.2) is 4.79 Å². The Morgan fingerprint density at radius 1 is 1.29 bits per heavy atom. The van der Waals surface area contributed by atoms with Crippen LogP contribution in [0, 0.1) is 13.8 Å². The van der Waals surface area contributed by atoms with E-state index in [0.29, 0.717) is 5.75 Å². The molecular formula is C15H15N3O3. The molecule has 0 amide bonds. The van der Waals surface area contributed by atoms with Gasteiger partial charge < -0.3 is 14.8 Å². The summed E-state index contributed by atoms with van der Waals surface area (Å²) in [6.45, 7) is 3.83. The van der Waals surface area contributed by atoms with E-state index in [1.54, 1.807) is 13.2 Å². The van der Waals surface area contributed by atoms with E-state index in [0.717, 1.165) is 33.4 Å². The highest BCUT2D eigenvalue weighted by atomic mass is 16.5. The van der Waals surface area contributed by atoms with Crippen LogP contribution in [0.2, 0.25) is 0 Å². The number of carboxylic acids is 1. The molecule has 0 atom stereocenters. The van der Waals surface area contributed by atoms with Crippen LogP contribution in [-0.2, 0) is 0 Å². The second-order valence-electron chi connectivity index (χ2n) is 4.90. The molecule has 2 aromatic heterocycles. The van der Waals surface area contributed by atoms with Gasteiger partial charge >= 0.3 is 5.97 Å². The summed E-state index contributed by atoms with van der Waals surface area (Å²) in [5.41, 5.74) is 4.45. The minimum absolute atomic E-state index is 0.151. The average Bonchev–Trinajstić information content (AvgIpc) is 3.02. The van der Waals surface area contributed by atoms with Gasteiger partial charge in [0.2, 0.25) is 0 Å². The lowest BCUT2D eigenvalue weighted by Gasteiger charge is -2.10. The van der Waals surface area contributed by atoms with Gasteiger partial charge in [0.05, 0.1) is 12.8 Å². The standard InChI is InChI=1S/C15H15N3O3/c1-7-13(8(2)18-17-7)14-9-6-11(15(19)20)16-10(9)4-5-12(14)21-3/h4-6,16H,1-3H3,(H,17,18)(H,19,20). The first-order chi connectivity index (χ1) is 10.0. The maximum atomic E-state index is 11.2. The van der Waals surface area contributed by atoms with Crippen LogP contribution in [0.5, 0.6) is 5.75 Å². The molecule has 6 nitrogen and oxygen atoms in total. The Hall–Kier alpha value is -2.76. The fourth-order valence-electron chi connectivity index (χ4n) is 2.65. The fourth-order valence-corrected chi connectivity index (χ4v) is 2.65. The van der Waals surface area contributed by atoms with E-state index in [9.17, 15) is 4.79 Å². The van der Waals surface area contributed by atoms with Crippen LogP contribution in [0.1, 0.15) is 21.9 Å². The van der Waals surface area contributed by atoms with Crippen LogP contribution in [0.3, 0.4) is 0 Å². The average molecular weight is 285 g/mol. The molecule has 0 bridgehead atoms. The van der Waals surface area contributed by atoms with Crippen molar-refractivity contribution in [3.05, 3.63) is 35.3 Å². The van der Waals surface area contributed by atoms with Crippen LogP contribution in [-0.4, -0.2) is 33.4 Å². The molecular weight excluding hydrogens is 270 g/mol. The zero-order valence-corrected chi connectivity index (χ0v) is 11.9. The third-order valence-electron chi connectivity index (χ3n) is 3.59. The van der Waals surface area contributed by atoms with Gasteiger partial charge in [-0.2, -0.15) is 5.10 Å². The number of ether oxygens (including phenoxy) is 1. The van der Waals surface area contributed by atoms with Gasteiger partial charge in [-0.15, -0.1) is 0 Å². The molecule has 6 heteroatoms. The van der Waals surface area contributed by atoms with Gasteiger partial charge in [-0.3, -0.25) is 5.10 Å². The molecule has 0 aliphatic rings. The molecule has 2 heterocycles. The number of aromatic amines is 2. The van der Waals surface area contributed by atoms with Gasteiger partial charge in [0, 0.05) is 27.7 Å². The highest BCUT2D eigenvalue weighted by Crippen LogP contribution is 2.39. The molecule has 21 heavy (non-hydrogen) atoms. The van der Waals surface area contributed by atoms with E-state index >= 15 is 0 Å². The Balaban J connectivity index is 2.40. The predicted octanol–water partition coefficient (Wildman–Crippen LogP) is 2.88. The lowest BCUT2D eigenvalue weighted by Crippen LogP contribution is -1.94. The molecule has 1 aromatic carbocycles. The van der Waals surface area contributed by atoms with Crippen LogP contribution < -0.4 is 4.74 Å². The Labute approximate surface area is 120 Å². The van der Waals surface area contributed by atoms with Crippen molar-refractivity contribution in [2.75, 3.05) is 7.11 Å². The summed E-state index contributed by atoms with van der Waals surface area (Å²) in [5.74, 6) is -0.303. The molecule has 0 aliphatic carbocycles. The molecule has 0 spiro atoms. The van der Waals surface area contributed by atoms with E-state index in [2.05, 4.69) is 15.2 Å². The molecule has 108 valence electrons. The van der Waals surface area contributed by atoms with Gasteiger partial charge in [0.25, 0.3) is 0 Å². The number of nitrogens with one attached hydrogen (secondary N) is 2. The maximum Gasteiger partial charge on any atom is 0.352 e. The first-order valence-electron chi connectivity index (χ1n) is 6.48. The Kier molecular flexibility index (Phi) is 2.94. The summed E-state index contributed by atoms with van der Waals surface area (Å²) < 4.78 is 5.45. The van der Waals surface area contributed by atoms with Crippen molar-refractivity contribution in [2.45, 2.75) is 13.8 Å². The number of carbonyl (C=O) groups is 1. The van der Waals surface area contributed by atoms with Crippen LogP contribution >= 0.6 is 0 Å². The molecule has 3 aromatic rings. The third kappa shape index (κ3) is 1.96. The minimum Gasteiger partial charge on any atom is -0.496 e. The lowest BCUT2D eigenvalue weighted by atomic mass is 9.98. The molecule has 0 fully saturated rings. The number of aromatic carboxylic acids is 1. The van der Waals surface area contributed by atoms with Crippen molar-refractivity contribution in [3.8, 4) is 16.9 Å². The SMILES string of the molecule is COc1ccc2[nH]c(C(=O)O)cc2c1-c1c(C)n[nH]c1C. The van der Waals surface area contributed by atoms with Gasteiger partial charge in [-0.05, 0) is 32.0 Å². The number of nitrogens with zero attached hydrogens (tertiary/aromatic N) is 1. The number of carboxylic acid groups (broad SMARTS) is 1. The summed E-state index contributed by atoms with van der Waals surface area (Å²) in [6, 6.07) is 5.27. The second-order valence-corrected chi connectivity index (χ2v) is 4.90. The Morgan fingerprint density at radius 2 is 2.05 bits per heavy atom. The van der Waals surface area contributed by atoms with E-state index in [1.807, 2.05) is 26.0 Å². The molecule has 0 radical (unpaired) electrons. The van der Waals surface area contributed by atoms with Crippen molar-refractivity contribution in [1.29, 1.82) is 0 Å². The Bertz CT molecular complexity index is 826. The number of hydrogen-bond acceptors (Lipinski definition) is 3. The van der Waals surface area contributed by atoms with Crippen molar-refractivity contribution in [2.24, 2.45) is 0 Å². The van der Waals surface area contributed by atoms with Crippen LogP contribution in [0.25, 0.3) is 22.0 Å². The van der Waals surface area contributed by atoms with Gasteiger partial charge in [-0.1, -0.05) is 0 Å². The number of aryl methyl sites for hydroxylation is 2. The third-order valence-corrected chi connectivity index (χ3v) is 3.59.